The van der Waals surface area contributed by atoms with Crippen molar-refractivity contribution in [3.63, 3.8) is 0 Å². The van der Waals surface area contributed by atoms with Crippen LogP contribution in [-0.2, 0) is 10.3 Å². The molecule has 0 unspecified atom stereocenters. The Morgan fingerprint density at radius 3 is 1.46 bits per heavy atom. The zero-order valence-electron chi connectivity index (χ0n) is 14.5. The van der Waals surface area contributed by atoms with Crippen molar-refractivity contribution < 1.29 is 4.74 Å². The summed E-state index contributed by atoms with van der Waals surface area (Å²) in [5.74, 6) is 0. The predicted octanol–water partition coefficient (Wildman–Crippen LogP) is 6.48. The lowest BCUT2D eigenvalue weighted by molar-refractivity contribution is -0.0409. The van der Waals surface area contributed by atoms with Crippen LogP contribution in [0.15, 0.2) is 101 Å². The lowest BCUT2D eigenvalue weighted by atomic mass is 9.80. The molecular formula is C24H21IO. The summed E-state index contributed by atoms with van der Waals surface area (Å²) in [6, 6.07) is 31.8. The molecule has 0 heterocycles. The second-order valence-electron chi connectivity index (χ2n) is 6.61. The van der Waals surface area contributed by atoms with E-state index in [0.29, 0.717) is 0 Å². The largest absolute Gasteiger partial charge is 0.357 e. The molecule has 0 saturated heterocycles. The molecule has 0 spiro atoms. The Balaban J connectivity index is 1.91. The van der Waals surface area contributed by atoms with Gasteiger partial charge in [0.15, 0.2) is 0 Å². The maximum absolute atomic E-state index is 6.97. The average Bonchev–Trinajstić information content (AvgIpc) is 3.13. The van der Waals surface area contributed by atoms with Gasteiger partial charge in [-0.2, -0.15) is 0 Å². The maximum Gasteiger partial charge on any atom is 0.144 e. The zero-order chi connectivity index (χ0) is 17.8. The van der Waals surface area contributed by atoms with Gasteiger partial charge >= 0.3 is 0 Å². The maximum atomic E-state index is 6.97. The Morgan fingerprint density at radius 2 is 1.12 bits per heavy atom. The van der Waals surface area contributed by atoms with Crippen LogP contribution in [0.25, 0.3) is 0 Å². The molecule has 3 aromatic rings. The van der Waals surface area contributed by atoms with E-state index in [1.54, 1.807) is 0 Å². The van der Waals surface area contributed by atoms with Crippen molar-refractivity contribution in [2.24, 2.45) is 0 Å². The topological polar surface area (TPSA) is 9.23 Å². The Labute approximate surface area is 168 Å². The van der Waals surface area contributed by atoms with Gasteiger partial charge in [-0.05, 0) is 49.3 Å². The van der Waals surface area contributed by atoms with E-state index in [9.17, 15) is 0 Å². The Hall–Kier alpha value is -1.91. The van der Waals surface area contributed by atoms with Crippen LogP contribution < -0.4 is 0 Å². The summed E-state index contributed by atoms with van der Waals surface area (Å²) < 4.78 is 8.36. The Morgan fingerprint density at radius 1 is 0.692 bits per heavy atom. The standard InChI is InChI=1S/C24H21IO/c25-22-16-17-23(18-22)26-24(19-10-4-1-5-11-19,20-12-6-2-7-13-20)21-14-8-3-9-15-21/h1-16,23H,17-18H2/t23-/m1/s1. The Bertz CT molecular complexity index is 775. The van der Waals surface area contributed by atoms with Gasteiger partial charge < -0.3 is 4.74 Å². The van der Waals surface area contributed by atoms with Crippen LogP contribution in [0.5, 0.6) is 0 Å². The third-order valence-electron chi connectivity index (χ3n) is 4.91. The summed E-state index contributed by atoms with van der Waals surface area (Å²) in [6.07, 6.45) is 4.42. The number of rotatable bonds is 5. The van der Waals surface area contributed by atoms with E-state index >= 15 is 0 Å². The lowest BCUT2D eigenvalue weighted by Gasteiger charge is -2.38. The van der Waals surface area contributed by atoms with Crippen LogP contribution in [0.3, 0.4) is 0 Å². The van der Waals surface area contributed by atoms with Gasteiger partial charge in [-0.1, -0.05) is 97.1 Å². The first-order valence-corrected chi connectivity index (χ1v) is 10.1. The third-order valence-corrected chi connectivity index (χ3v) is 5.79. The molecule has 0 N–H and O–H groups in total. The van der Waals surface area contributed by atoms with E-state index in [2.05, 4.69) is 120 Å². The zero-order valence-corrected chi connectivity index (χ0v) is 16.7. The van der Waals surface area contributed by atoms with E-state index in [1.165, 1.54) is 20.3 Å². The first-order valence-electron chi connectivity index (χ1n) is 8.98. The molecule has 0 aliphatic heterocycles. The van der Waals surface area contributed by atoms with Crippen molar-refractivity contribution in [2.75, 3.05) is 0 Å². The minimum absolute atomic E-state index is 0.183. The fraction of sp³-hybridized carbons (Fsp3) is 0.167. The predicted molar refractivity (Wildman–Crippen MR) is 115 cm³/mol. The van der Waals surface area contributed by atoms with Crippen molar-refractivity contribution in [2.45, 2.75) is 24.5 Å². The van der Waals surface area contributed by atoms with Crippen LogP contribution in [-0.4, -0.2) is 6.10 Å². The van der Waals surface area contributed by atoms with Gasteiger partial charge in [0.1, 0.15) is 5.60 Å². The lowest BCUT2D eigenvalue weighted by Crippen LogP contribution is -2.36. The van der Waals surface area contributed by atoms with Crippen molar-refractivity contribution in [1.82, 2.24) is 0 Å². The molecule has 1 nitrogen and oxygen atoms in total. The van der Waals surface area contributed by atoms with Crippen LogP contribution in [0.4, 0.5) is 0 Å². The SMILES string of the molecule is IC1=CC[C@@H](OC(c2ccccc2)(c2ccccc2)c2ccccc2)C1. The highest BCUT2D eigenvalue weighted by Gasteiger charge is 2.40. The second-order valence-corrected chi connectivity index (χ2v) is 8.00. The van der Waals surface area contributed by atoms with Crippen molar-refractivity contribution >= 4 is 22.6 Å². The smallest absolute Gasteiger partial charge is 0.144 e. The van der Waals surface area contributed by atoms with Gasteiger partial charge in [0.05, 0.1) is 6.10 Å². The molecule has 0 amide bonds. The molecule has 0 fully saturated rings. The molecule has 0 radical (unpaired) electrons. The van der Waals surface area contributed by atoms with E-state index in [0.717, 1.165) is 12.8 Å². The molecule has 1 atom stereocenters. The highest BCUT2D eigenvalue weighted by molar-refractivity contribution is 14.1. The molecular weight excluding hydrogens is 431 g/mol. The normalized spacial score (nSPS) is 17.1. The Kier molecular flexibility index (Phi) is 5.23. The summed E-state index contributed by atoms with van der Waals surface area (Å²) in [6.45, 7) is 0. The molecule has 1 aliphatic carbocycles. The van der Waals surface area contributed by atoms with E-state index in [4.69, 9.17) is 4.74 Å². The number of ether oxygens (including phenoxy) is 1. The average molecular weight is 452 g/mol. The molecule has 26 heavy (non-hydrogen) atoms. The van der Waals surface area contributed by atoms with E-state index in [1.807, 2.05) is 0 Å². The summed E-state index contributed by atoms with van der Waals surface area (Å²) in [5, 5.41) is 0. The molecule has 1 aliphatic rings. The van der Waals surface area contributed by atoms with Gasteiger partial charge in [0.2, 0.25) is 0 Å². The van der Waals surface area contributed by atoms with Crippen LogP contribution in [0, 0.1) is 0 Å². The quantitative estimate of drug-likeness (QED) is 0.318. The first kappa shape index (κ1) is 17.5. The number of hydrogen-bond donors (Lipinski definition) is 0. The second kappa shape index (κ2) is 7.77. The number of benzene rings is 3. The fourth-order valence-electron chi connectivity index (χ4n) is 3.71. The molecule has 0 aromatic heterocycles. The third kappa shape index (κ3) is 3.36. The molecule has 130 valence electrons. The fourth-order valence-corrected chi connectivity index (χ4v) is 4.45. The number of halogens is 1. The van der Waals surface area contributed by atoms with Gasteiger partial charge in [-0.25, -0.2) is 0 Å². The van der Waals surface area contributed by atoms with Crippen molar-refractivity contribution in [1.29, 1.82) is 0 Å². The van der Waals surface area contributed by atoms with Crippen molar-refractivity contribution in [3.05, 3.63) is 117 Å². The number of hydrogen-bond acceptors (Lipinski definition) is 1. The highest BCUT2D eigenvalue weighted by Crippen LogP contribution is 2.43. The minimum Gasteiger partial charge on any atom is -0.357 e. The first-order chi connectivity index (χ1) is 12.8. The van der Waals surface area contributed by atoms with Crippen LogP contribution >= 0.6 is 22.6 Å². The van der Waals surface area contributed by atoms with Gasteiger partial charge in [-0.3, -0.25) is 0 Å². The monoisotopic (exact) mass is 452 g/mol. The van der Waals surface area contributed by atoms with E-state index in [-0.39, 0.29) is 6.10 Å². The molecule has 2 heteroatoms. The molecule has 4 rings (SSSR count). The summed E-state index contributed by atoms with van der Waals surface area (Å²) in [4.78, 5) is 0. The summed E-state index contributed by atoms with van der Waals surface area (Å²) >= 11 is 2.42. The van der Waals surface area contributed by atoms with Gasteiger partial charge in [0, 0.05) is 6.42 Å². The molecule has 3 aromatic carbocycles. The molecule has 0 saturated carbocycles. The summed E-state index contributed by atoms with van der Waals surface area (Å²) in [5.41, 5.74) is 2.89. The highest BCUT2D eigenvalue weighted by atomic mass is 127. The van der Waals surface area contributed by atoms with Gasteiger partial charge in [-0.15, -0.1) is 0 Å². The van der Waals surface area contributed by atoms with Crippen LogP contribution in [0.2, 0.25) is 0 Å². The van der Waals surface area contributed by atoms with E-state index < -0.39 is 5.60 Å². The minimum atomic E-state index is -0.608. The van der Waals surface area contributed by atoms with Crippen molar-refractivity contribution in [3.8, 4) is 0 Å². The summed E-state index contributed by atoms with van der Waals surface area (Å²) in [7, 11) is 0. The molecule has 0 bridgehead atoms. The van der Waals surface area contributed by atoms with Crippen LogP contribution in [0.1, 0.15) is 29.5 Å². The van der Waals surface area contributed by atoms with Gasteiger partial charge in [0.25, 0.3) is 0 Å².